The highest BCUT2D eigenvalue weighted by Gasteiger charge is 2.21. The first-order valence-corrected chi connectivity index (χ1v) is 22.2. The Bertz CT molecular complexity index is 3740. The zero-order valence-corrected chi connectivity index (χ0v) is 35.3. The third-order valence-electron chi connectivity index (χ3n) is 13.1. The molecule has 0 amide bonds. The molecule has 0 bridgehead atoms. The molecule has 304 valence electrons. The molecule has 0 saturated carbocycles. The van der Waals surface area contributed by atoms with Gasteiger partial charge in [-0.25, -0.2) is 0 Å². The second kappa shape index (κ2) is 15.0. The van der Waals surface area contributed by atoms with Crippen LogP contribution < -0.4 is 4.90 Å². The van der Waals surface area contributed by atoms with Gasteiger partial charge in [0.05, 0.1) is 5.69 Å². The first-order chi connectivity index (χ1) is 32.2. The van der Waals surface area contributed by atoms with E-state index in [1.165, 1.54) is 27.5 Å². The molecule has 3 nitrogen and oxygen atoms in total. The van der Waals surface area contributed by atoms with Crippen LogP contribution in [0.4, 0.5) is 17.1 Å². The minimum absolute atomic E-state index is 0.898. The van der Waals surface area contributed by atoms with Crippen LogP contribution in [-0.4, -0.2) is 0 Å². The van der Waals surface area contributed by atoms with E-state index in [0.29, 0.717) is 0 Å². The predicted molar refractivity (Wildman–Crippen MR) is 272 cm³/mol. The number of furan rings is 2. The number of benzene rings is 11. The molecule has 2 heterocycles. The average Bonchev–Trinajstić information content (AvgIpc) is 3.97. The Morgan fingerprint density at radius 2 is 0.631 bits per heavy atom. The van der Waals surface area contributed by atoms with E-state index in [2.05, 4.69) is 241 Å². The summed E-state index contributed by atoms with van der Waals surface area (Å²) in [6, 6.07) is 84.5. The van der Waals surface area contributed by atoms with E-state index < -0.39 is 0 Å². The van der Waals surface area contributed by atoms with Gasteiger partial charge in [0.1, 0.15) is 22.3 Å². The summed E-state index contributed by atoms with van der Waals surface area (Å²) in [5, 5.41) is 9.08. The van der Waals surface area contributed by atoms with Gasteiger partial charge in [-0.05, 0) is 81.1 Å². The van der Waals surface area contributed by atoms with Gasteiger partial charge < -0.3 is 13.7 Å². The SMILES string of the molecule is c1ccc(-c2ccccc2-c2ccccc2N(c2ccc(-c3cccc4c3oc3c5ccccc5ccc43)cc2)c2ccc(-c3cccc4c3oc3c5ccccc5ccc43)cc2)cc1. The van der Waals surface area contributed by atoms with Crippen LogP contribution in [0.5, 0.6) is 0 Å². The fourth-order valence-electron chi connectivity index (χ4n) is 10.00. The Morgan fingerprint density at radius 3 is 1.18 bits per heavy atom. The minimum Gasteiger partial charge on any atom is -0.455 e. The fraction of sp³-hybridized carbons (Fsp3) is 0. The number of anilines is 3. The fourth-order valence-corrected chi connectivity index (χ4v) is 10.00. The number of hydrogen-bond donors (Lipinski definition) is 0. The summed E-state index contributed by atoms with van der Waals surface area (Å²) in [6.07, 6.45) is 0. The van der Waals surface area contributed by atoms with Crippen molar-refractivity contribution in [2.45, 2.75) is 0 Å². The highest BCUT2D eigenvalue weighted by molar-refractivity contribution is 6.18. The molecular formula is C62H39NO2. The number of nitrogens with zero attached hydrogens (tertiary/aromatic N) is 1. The number of hydrogen-bond acceptors (Lipinski definition) is 3. The molecule has 0 unspecified atom stereocenters. The summed E-state index contributed by atoms with van der Waals surface area (Å²) in [7, 11) is 0. The van der Waals surface area contributed by atoms with Gasteiger partial charge >= 0.3 is 0 Å². The van der Waals surface area contributed by atoms with E-state index in [0.717, 1.165) is 99.5 Å². The van der Waals surface area contributed by atoms with E-state index >= 15 is 0 Å². The molecule has 2 aromatic heterocycles. The van der Waals surface area contributed by atoms with E-state index in [4.69, 9.17) is 8.83 Å². The van der Waals surface area contributed by atoms with Crippen LogP contribution >= 0.6 is 0 Å². The van der Waals surface area contributed by atoms with Gasteiger partial charge in [0.25, 0.3) is 0 Å². The van der Waals surface area contributed by atoms with Crippen molar-refractivity contribution in [2.24, 2.45) is 0 Å². The summed E-state index contributed by atoms with van der Waals surface area (Å²) in [5.41, 5.74) is 15.8. The molecule has 0 atom stereocenters. The molecule has 13 rings (SSSR count). The number of fused-ring (bicyclic) bond motifs is 10. The van der Waals surface area contributed by atoms with Crippen molar-refractivity contribution in [3.63, 3.8) is 0 Å². The molecule has 11 aromatic carbocycles. The summed E-state index contributed by atoms with van der Waals surface area (Å²) in [5.74, 6) is 0. The maximum atomic E-state index is 6.77. The average molecular weight is 830 g/mol. The number of para-hydroxylation sites is 3. The normalized spacial score (nSPS) is 11.7. The molecule has 0 saturated heterocycles. The van der Waals surface area contributed by atoms with Crippen LogP contribution in [-0.2, 0) is 0 Å². The molecule has 3 heteroatoms. The van der Waals surface area contributed by atoms with Crippen LogP contribution in [0.2, 0.25) is 0 Å². The standard InChI is InChI=1S/C62H39NO2/c1-2-14-40(15-3-1)47-18-8-9-21-52(47)53-22-10-11-27-58(53)63(45-34-28-43(29-35-45)50-23-12-25-54-56-38-32-41-16-4-6-19-48(41)61(56)64-59(50)54)46-36-30-44(31-37-46)51-24-13-26-55-57-39-33-42-17-5-7-20-49(42)62(57)65-60(51)55/h1-39H. The molecule has 65 heavy (non-hydrogen) atoms. The number of rotatable bonds is 7. The Kier molecular flexibility index (Phi) is 8.53. The maximum Gasteiger partial charge on any atom is 0.143 e. The molecule has 0 N–H and O–H groups in total. The third-order valence-corrected chi connectivity index (χ3v) is 13.1. The zero-order valence-electron chi connectivity index (χ0n) is 35.3. The van der Waals surface area contributed by atoms with Crippen molar-refractivity contribution in [1.29, 1.82) is 0 Å². The molecule has 0 radical (unpaired) electrons. The summed E-state index contributed by atoms with van der Waals surface area (Å²) >= 11 is 0. The lowest BCUT2D eigenvalue weighted by molar-refractivity contribution is 0.673. The van der Waals surface area contributed by atoms with E-state index in [-0.39, 0.29) is 0 Å². The van der Waals surface area contributed by atoms with Crippen molar-refractivity contribution < 1.29 is 8.83 Å². The lowest BCUT2D eigenvalue weighted by Crippen LogP contribution is -2.11. The van der Waals surface area contributed by atoms with Crippen molar-refractivity contribution in [2.75, 3.05) is 4.90 Å². The lowest BCUT2D eigenvalue weighted by Gasteiger charge is -2.29. The second-order valence-electron chi connectivity index (χ2n) is 16.8. The van der Waals surface area contributed by atoms with Crippen LogP contribution in [0.25, 0.3) is 110 Å². The molecule has 13 aromatic rings. The van der Waals surface area contributed by atoms with E-state index in [1.807, 2.05) is 0 Å². The molecular weight excluding hydrogens is 791 g/mol. The van der Waals surface area contributed by atoms with Crippen LogP contribution in [0.1, 0.15) is 0 Å². The van der Waals surface area contributed by atoms with Gasteiger partial charge in [-0.15, -0.1) is 0 Å². The molecule has 0 aliphatic carbocycles. The van der Waals surface area contributed by atoms with Gasteiger partial charge in [0, 0.05) is 60.4 Å². The Balaban J connectivity index is 0.956. The van der Waals surface area contributed by atoms with E-state index in [1.54, 1.807) is 0 Å². The van der Waals surface area contributed by atoms with Crippen molar-refractivity contribution >= 4 is 82.5 Å². The zero-order chi connectivity index (χ0) is 42.8. The van der Waals surface area contributed by atoms with Crippen LogP contribution in [0, 0.1) is 0 Å². The minimum atomic E-state index is 0.898. The second-order valence-corrected chi connectivity index (χ2v) is 16.8. The summed E-state index contributed by atoms with van der Waals surface area (Å²) < 4.78 is 13.5. The Labute approximate surface area is 375 Å². The quantitative estimate of drug-likeness (QED) is 0.160. The first-order valence-electron chi connectivity index (χ1n) is 22.2. The van der Waals surface area contributed by atoms with Crippen LogP contribution in [0.15, 0.2) is 245 Å². The largest absolute Gasteiger partial charge is 0.455 e. The molecule has 0 aliphatic heterocycles. The van der Waals surface area contributed by atoms with Gasteiger partial charge in [-0.1, -0.05) is 194 Å². The summed E-state index contributed by atoms with van der Waals surface area (Å²) in [4.78, 5) is 2.38. The molecule has 0 spiro atoms. The monoisotopic (exact) mass is 829 g/mol. The first kappa shape index (κ1) is 36.9. The highest BCUT2D eigenvalue weighted by atomic mass is 16.3. The summed E-state index contributed by atoms with van der Waals surface area (Å²) in [6.45, 7) is 0. The lowest BCUT2D eigenvalue weighted by atomic mass is 9.93. The van der Waals surface area contributed by atoms with Gasteiger partial charge in [0.15, 0.2) is 0 Å². The molecule has 0 fully saturated rings. The van der Waals surface area contributed by atoms with Crippen molar-refractivity contribution in [1.82, 2.24) is 0 Å². The Hall–Kier alpha value is -8.66. The predicted octanol–water partition coefficient (Wildman–Crippen LogP) is 17.9. The van der Waals surface area contributed by atoms with Gasteiger partial charge in [-0.3, -0.25) is 0 Å². The van der Waals surface area contributed by atoms with E-state index in [9.17, 15) is 0 Å². The van der Waals surface area contributed by atoms with Gasteiger partial charge in [0.2, 0.25) is 0 Å². The smallest absolute Gasteiger partial charge is 0.143 e. The highest BCUT2D eigenvalue weighted by Crippen LogP contribution is 2.46. The third kappa shape index (κ3) is 6.05. The van der Waals surface area contributed by atoms with Gasteiger partial charge in [-0.2, -0.15) is 0 Å². The molecule has 0 aliphatic rings. The van der Waals surface area contributed by atoms with Crippen molar-refractivity contribution in [3.8, 4) is 44.5 Å². The topological polar surface area (TPSA) is 29.5 Å². The van der Waals surface area contributed by atoms with Crippen molar-refractivity contribution in [3.05, 3.63) is 237 Å². The maximum absolute atomic E-state index is 6.77. The Morgan fingerprint density at radius 1 is 0.231 bits per heavy atom. The van der Waals surface area contributed by atoms with Crippen LogP contribution in [0.3, 0.4) is 0 Å².